The van der Waals surface area contributed by atoms with E-state index in [4.69, 9.17) is 11.6 Å². The summed E-state index contributed by atoms with van der Waals surface area (Å²) in [5.41, 5.74) is 0.0457. The second-order valence-corrected chi connectivity index (χ2v) is 5.92. The number of benzene rings is 1. The van der Waals surface area contributed by atoms with Crippen LogP contribution in [0.1, 0.15) is 23.2 Å². The Labute approximate surface area is 125 Å². The summed E-state index contributed by atoms with van der Waals surface area (Å²) < 4.78 is 14.4. The van der Waals surface area contributed by atoms with Crippen molar-refractivity contribution in [1.29, 1.82) is 0 Å². The minimum Gasteiger partial charge on any atom is -0.337 e. The van der Waals surface area contributed by atoms with Gasteiger partial charge in [-0.3, -0.25) is 4.79 Å². The predicted octanol–water partition coefficient (Wildman–Crippen LogP) is 3.07. The summed E-state index contributed by atoms with van der Waals surface area (Å²) in [7, 11) is 1.71. The molecular weight excluding hydrogens is 335 g/mol. The Hall–Kier alpha value is -0.650. The van der Waals surface area contributed by atoms with Crippen LogP contribution in [0.2, 0.25) is 5.02 Å². The molecule has 1 aromatic rings. The molecule has 1 atom stereocenters. The van der Waals surface area contributed by atoms with Crippen molar-refractivity contribution in [1.82, 2.24) is 10.2 Å². The van der Waals surface area contributed by atoms with Gasteiger partial charge >= 0.3 is 0 Å². The van der Waals surface area contributed by atoms with Crippen molar-refractivity contribution < 1.29 is 9.18 Å². The van der Waals surface area contributed by atoms with Crippen LogP contribution in [0.15, 0.2) is 16.6 Å². The molecule has 0 spiro atoms. The Bertz CT molecular complexity index is 492. The number of rotatable bonds is 2. The molecule has 1 aromatic carbocycles. The standard InChI is InChI=1S/C13H15BrClFN2O/c1-18(8-3-2-4-17-7-8)13(19)9-5-10(14)11(15)6-12(9)16/h5-6,8,17H,2-4,7H2,1H3. The zero-order valence-electron chi connectivity index (χ0n) is 10.5. The van der Waals surface area contributed by atoms with Crippen molar-refractivity contribution in [3.63, 3.8) is 0 Å². The van der Waals surface area contributed by atoms with Gasteiger partial charge < -0.3 is 10.2 Å². The number of nitrogens with zero attached hydrogens (tertiary/aromatic N) is 1. The fourth-order valence-corrected chi connectivity index (χ4v) is 2.70. The quantitative estimate of drug-likeness (QED) is 0.832. The summed E-state index contributed by atoms with van der Waals surface area (Å²) in [6, 6.07) is 2.70. The normalized spacial score (nSPS) is 19.3. The number of amides is 1. The van der Waals surface area contributed by atoms with E-state index in [9.17, 15) is 9.18 Å². The maximum Gasteiger partial charge on any atom is 0.256 e. The van der Waals surface area contributed by atoms with Gasteiger partial charge in [0.25, 0.3) is 5.91 Å². The van der Waals surface area contributed by atoms with Crippen molar-refractivity contribution in [3.8, 4) is 0 Å². The van der Waals surface area contributed by atoms with Crippen LogP contribution in [0.25, 0.3) is 0 Å². The monoisotopic (exact) mass is 348 g/mol. The van der Waals surface area contributed by atoms with Gasteiger partial charge in [-0.05, 0) is 47.4 Å². The van der Waals surface area contributed by atoms with Gasteiger partial charge in [0.2, 0.25) is 0 Å². The molecular formula is C13H15BrClFN2O. The summed E-state index contributed by atoms with van der Waals surface area (Å²) in [6.45, 7) is 1.72. The largest absolute Gasteiger partial charge is 0.337 e. The Balaban J connectivity index is 2.21. The third kappa shape index (κ3) is 3.27. The maximum absolute atomic E-state index is 13.8. The molecule has 1 unspecified atom stereocenters. The van der Waals surface area contributed by atoms with Crippen molar-refractivity contribution in [2.75, 3.05) is 20.1 Å². The minimum absolute atomic E-state index is 0.0457. The van der Waals surface area contributed by atoms with Gasteiger partial charge in [0.05, 0.1) is 10.6 Å². The number of carbonyl (C=O) groups excluding carboxylic acids is 1. The van der Waals surface area contributed by atoms with Gasteiger partial charge in [-0.1, -0.05) is 11.6 Å². The first kappa shape index (κ1) is 14.8. The first-order valence-electron chi connectivity index (χ1n) is 6.13. The van der Waals surface area contributed by atoms with E-state index >= 15 is 0 Å². The van der Waals surface area contributed by atoms with Crippen LogP contribution in [0.3, 0.4) is 0 Å². The molecule has 1 N–H and O–H groups in total. The van der Waals surface area contributed by atoms with Gasteiger partial charge in [0, 0.05) is 24.1 Å². The predicted molar refractivity (Wildman–Crippen MR) is 77.1 cm³/mol. The van der Waals surface area contributed by atoms with Crippen LogP contribution in [-0.2, 0) is 0 Å². The van der Waals surface area contributed by atoms with Crippen LogP contribution in [0.5, 0.6) is 0 Å². The third-order valence-corrected chi connectivity index (χ3v) is 4.58. The number of hydrogen-bond acceptors (Lipinski definition) is 2. The summed E-state index contributed by atoms with van der Waals surface area (Å²) >= 11 is 9.01. The molecule has 19 heavy (non-hydrogen) atoms. The molecule has 0 saturated carbocycles. The highest BCUT2D eigenvalue weighted by molar-refractivity contribution is 9.10. The number of piperidine rings is 1. The molecule has 0 radical (unpaired) electrons. The van der Waals surface area contributed by atoms with E-state index in [0.717, 1.165) is 32.0 Å². The van der Waals surface area contributed by atoms with Gasteiger partial charge in [-0.15, -0.1) is 0 Å². The topological polar surface area (TPSA) is 32.3 Å². The van der Waals surface area contributed by atoms with Gasteiger partial charge in [0.15, 0.2) is 0 Å². The van der Waals surface area contributed by atoms with E-state index < -0.39 is 5.82 Å². The number of halogens is 3. The Morgan fingerprint density at radius 3 is 2.95 bits per heavy atom. The molecule has 1 fully saturated rings. The lowest BCUT2D eigenvalue weighted by molar-refractivity contribution is 0.0703. The molecule has 1 amide bonds. The molecule has 0 bridgehead atoms. The van der Waals surface area contributed by atoms with E-state index in [1.165, 1.54) is 6.07 Å². The molecule has 1 aliphatic heterocycles. The first-order chi connectivity index (χ1) is 9.00. The summed E-state index contributed by atoms with van der Waals surface area (Å²) in [4.78, 5) is 13.9. The SMILES string of the molecule is CN(C(=O)c1cc(Br)c(Cl)cc1F)C1CCCNC1. The second-order valence-electron chi connectivity index (χ2n) is 4.66. The molecule has 6 heteroatoms. The molecule has 1 heterocycles. The lowest BCUT2D eigenvalue weighted by atomic mass is 10.1. The average Bonchev–Trinajstić information content (AvgIpc) is 2.42. The van der Waals surface area contributed by atoms with E-state index in [1.54, 1.807) is 11.9 Å². The summed E-state index contributed by atoms with van der Waals surface area (Å²) in [6.07, 6.45) is 1.96. The highest BCUT2D eigenvalue weighted by atomic mass is 79.9. The highest BCUT2D eigenvalue weighted by Crippen LogP contribution is 2.26. The number of carbonyl (C=O) groups is 1. The Kier molecular flexibility index (Phi) is 4.81. The highest BCUT2D eigenvalue weighted by Gasteiger charge is 2.25. The summed E-state index contributed by atoms with van der Waals surface area (Å²) in [5, 5.41) is 3.50. The van der Waals surface area contributed by atoms with Crippen LogP contribution in [0, 0.1) is 5.82 Å². The number of hydrogen-bond donors (Lipinski definition) is 1. The van der Waals surface area contributed by atoms with Crippen LogP contribution >= 0.6 is 27.5 Å². The fourth-order valence-electron chi connectivity index (χ4n) is 2.21. The first-order valence-corrected chi connectivity index (χ1v) is 7.30. The molecule has 104 valence electrons. The van der Waals surface area contributed by atoms with Crippen LogP contribution in [-0.4, -0.2) is 37.0 Å². The Morgan fingerprint density at radius 1 is 1.58 bits per heavy atom. The zero-order chi connectivity index (χ0) is 14.0. The van der Waals surface area contributed by atoms with E-state index in [1.807, 2.05) is 0 Å². The fraction of sp³-hybridized carbons (Fsp3) is 0.462. The Morgan fingerprint density at radius 2 is 2.32 bits per heavy atom. The molecule has 1 saturated heterocycles. The number of likely N-dealkylation sites (N-methyl/N-ethyl adjacent to an activating group) is 1. The zero-order valence-corrected chi connectivity index (χ0v) is 12.9. The molecule has 1 aliphatic rings. The van der Waals surface area contributed by atoms with Crippen molar-refractivity contribution in [2.24, 2.45) is 0 Å². The van der Waals surface area contributed by atoms with E-state index in [2.05, 4.69) is 21.2 Å². The van der Waals surface area contributed by atoms with Crippen molar-refractivity contribution in [3.05, 3.63) is 33.0 Å². The molecule has 0 aliphatic carbocycles. The van der Waals surface area contributed by atoms with Crippen molar-refractivity contribution in [2.45, 2.75) is 18.9 Å². The molecule has 3 nitrogen and oxygen atoms in total. The average molecular weight is 350 g/mol. The van der Waals surface area contributed by atoms with Crippen LogP contribution in [0.4, 0.5) is 4.39 Å². The lowest BCUT2D eigenvalue weighted by Crippen LogP contribution is -2.46. The minimum atomic E-state index is -0.589. The second kappa shape index (κ2) is 6.20. The van der Waals surface area contributed by atoms with E-state index in [-0.39, 0.29) is 22.5 Å². The van der Waals surface area contributed by atoms with Crippen molar-refractivity contribution >= 4 is 33.4 Å². The third-order valence-electron chi connectivity index (χ3n) is 3.38. The van der Waals surface area contributed by atoms with Gasteiger partial charge in [-0.2, -0.15) is 0 Å². The maximum atomic E-state index is 13.8. The molecule has 2 rings (SSSR count). The van der Waals surface area contributed by atoms with Gasteiger partial charge in [-0.25, -0.2) is 4.39 Å². The summed E-state index contributed by atoms with van der Waals surface area (Å²) in [5.74, 6) is -0.905. The van der Waals surface area contributed by atoms with Gasteiger partial charge in [0.1, 0.15) is 5.82 Å². The smallest absolute Gasteiger partial charge is 0.256 e. The number of nitrogens with one attached hydrogen (secondary N) is 1. The van der Waals surface area contributed by atoms with Crippen LogP contribution < -0.4 is 5.32 Å². The van der Waals surface area contributed by atoms with E-state index in [0.29, 0.717) is 4.47 Å². The lowest BCUT2D eigenvalue weighted by Gasteiger charge is -2.31. The molecule has 0 aromatic heterocycles.